The first-order valence-corrected chi connectivity index (χ1v) is 8.50. The zero-order valence-electron chi connectivity index (χ0n) is 13.6. The molecule has 0 unspecified atom stereocenters. The largest absolute Gasteiger partial charge is 0.492 e. The molecule has 1 fully saturated rings. The van der Waals surface area contributed by atoms with Crippen molar-refractivity contribution in [1.29, 1.82) is 0 Å². The molecule has 118 valence electrons. The second kappa shape index (κ2) is 9.06. The molecular formula is C18H30N2O. The predicted molar refractivity (Wildman–Crippen MR) is 88.8 cm³/mol. The van der Waals surface area contributed by atoms with Crippen LogP contribution in [0.2, 0.25) is 0 Å². The smallest absolute Gasteiger partial charge is 0.119 e. The fraction of sp³-hybridized carbons (Fsp3) is 0.667. The van der Waals surface area contributed by atoms with E-state index in [-0.39, 0.29) is 0 Å². The molecule has 3 heteroatoms. The minimum atomic E-state index is 0.794. The third-order valence-electron chi connectivity index (χ3n) is 3.88. The second-order valence-electron chi connectivity index (χ2n) is 5.94. The molecule has 1 aliphatic rings. The quantitative estimate of drug-likeness (QED) is 0.632. The van der Waals surface area contributed by atoms with Crippen molar-refractivity contribution in [2.45, 2.75) is 52.1 Å². The van der Waals surface area contributed by atoms with E-state index < -0.39 is 0 Å². The third-order valence-corrected chi connectivity index (χ3v) is 3.88. The first kappa shape index (κ1) is 16.3. The molecule has 1 N–H and O–H groups in total. The molecule has 21 heavy (non-hydrogen) atoms. The summed E-state index contributed by atoms with van der Waals surface area (Å²) in [5.41, 5.74) is 1.30. The lowest BCUT2D eigenvalue weighted by Crippen LogP contribution is -2.31. The molecule has 3 nitrogen and oxygen atoms in total. The number of nitrogens with zero attached hydrogens (tertiary/aromatic N) is 1. The van der Waals surface area contributed by atoms with E-state index in [2.05, 4.69) is 48.3 Å². The van der Waals surface area contributed by atoms with Gasteiger partial charge >= 0.3 is 0 Å². The molecule has 1 aliphatic carbocycles. The molecule has 1 aromatic rings. The summed E-state index contributed by atoms with van der Waals surface area (Å²) < 4.78 is 5.94. The van der Waals surface area contributed by atoms with Gasteiger partial charge in [-0.05, 0) is 56.5 Å². The zero-order valence-corrected chi connectivity index (χ0v) is 13.6. The molecule has 0 amide bonds. The summed E-state index contributed by atoms with van der Waals surface area (Å²) in [6, 6.07) is 9.29. The van der Waals surface area contributed by atoms with Crippen LogP contribution in [0.25, 0.3) is 0 Å². The number of hydrogen-bond acceptors (Lipinski definition) is 3. The number of nitrogens with one attached hydrogen (secondary N) is 1. The standard InChI is InChI=1S/C18H30N2O/c1-3-10-19-15-16-6-5-7-18(14-16)21-13-12-20(11-4-2)17-8-9-17/h5-7,14,17,19H,3-4,8-13,15H2,1-2H3. The van der Waals surface area contributed by atoms with E-state index in [1.807, 2.05) is 0 Å². The summed E-state index contributed by atoms with van der Waals surface area (Å²) >= 11 is 0. The fourth-order valence-electron chi connectivity index (χ4n) is 2.64. The van der Waals surface area contributed by atoms with Gasteiger partial charge in [0, 0.05) is 19.1 Å². The number of rotatable bonds is 11. The minimum absolute atomic E-state index is 0.794. The van der Waals surface area contributed by atoms with Gasteiger partial charge in [-0.25, -0.2) is 0 Å². The molecule has 0 spiro atoms. The van der Waals surface area contributed by atoms with Gasteiger partial charge in [-0.3, -0.25) is 4.90 Å². The van der Waals surface area contributed by atoms with E-state index >= 15 is 0 Å². The number of ether oxygens (including phenoxy) is 1. The van der Waals surface area contributed by atoms with Crippen molar-refractivity contribution in [2.75, 3.05) is 26.2 Å². The average molecular weight is 290 g/mol. The second-order valence-corrected chi connectivity index (χ2v) is 5.94. The highest BCUT2D eigenvalue weighted by atomic mass is 16.5. The Kier molecular flexibility index (Phi) is 7.04. The minimum Gasteiger partial charge on any atom is -0.492 e. The van der Waals surface area contributed by atoms with E-state index in [1.165, 1.54) is 37.8 Å². The van der Waals surface area contributed by atoms with Crippen LogP contribution in [-0.2, 0) is 6.54 Å². The van der Waals surface area contributed by atoms with E-state index in [0.29, 0.717) is 0 Å². The summed E-state index contributed by atoms with van der Waals surface area (Å²) in [6.45, 7) is 9.49. The summed E-state index contributed by atoms with van der Waals surface area (Å²) in [6.07, 6.45) is 5.15. The zero-order chi connectivity index (χ0) is 14.9. The Hall–Kier alpha value is -1.06. The Balaban J connectivity index is 1.73. The van der Waals surface area contributed by atoms with Crippen LogP contribution in [0.1, 0.15) is 45.1 Å². The van der Waals surface area contributed by atoms with E-state index in [4.69, 9.17) is 4.74 Å². The molecule has 0 atom stereocenters. The number of hydrogen-bond donors (Lipinski definition) is 1. The lowest BCUT2D eigenvalue weighted by atomic mass is 10.2. The molecule has 0 saturated heterocycles. The molecular weight excluding hydrogens is 260 g/mol. The summed E-state index contributed by atoms with van der Waals surface area (Å²) in [5.74, 6) is 0.998. The Morgan fingerprint density at radius 3 is 2.76 bits per heavy atom. The van der Waals surface area contributed by atoms with Crippen molar-refractivity contribution in [1.82, 2.24) is 10.2 Å². The van der Waals surface area contributed by atoms with Crippen LogP contribution in [0.3, 0.4) is 0 Å². The van der Waals surface area contributed by atoms with Crippen LogP contribution >= 0.6 is 0 Å². The van der Waals surface area contributed by atoms with Crippen LogP contribution in [0, 0.1) is 0 Å². The Labute approximate surface area is 129 Å². The van der Waals surface area contributed by atoms with Crippen LogP contribution in [-0.4, -0.2) is 37.2 Å². The molecule has 1 saturated carbocycles. The Morgan fingerprint density at radius 2 is 2.05 bits per heavy atom. The SMILES string of the molecule is CCCNCc1cccc(OCCN(CCC)C2CC2)c1. The first-order chi connectivity index (χ1) is 10.3. The van der Waals surface area contributed by atoms with Crippen molar-refractivity contribution in [3.05, 3.63) is 29.8 Å². The molecule has 0 radical (unpaired) electrons. The van der Waals surface area contributed by atoms with Crippen LogP contribution in [0.5, 0.6) is 5.75 Å². The van der Waals surface area contributed by atoms with Crippen LogP contribution in [0.4, 0.5) is 0 Å². The van der Waals surface area contributed by atoms with Gasteiger partial charge < -0.3 is 10.1 Å². The summed E-state index contributed by atoms with van der Waals surface area (Å²) in [7, 11) is 0. The highest BCUT2D eigenvalue weighted by Crippen LogP contribution is 2.26. The lowest BCUT2D eigenvalue weighted by Gasteiger charge is -2.21. The van der Waals surface area contributed by atoms with Gasteiger partial charge in [0.25, 0.3) is 0 Å². The van der Waals surface area contributed by atoms with Gasteiger partial charge in [-0.2, -0.15) is 0 Å². The summed E-state index contributed by atoms with van der Waals surface area (Å²) in [4.78, 5) is 2.58. The van der Waals surface area contributed by atoms with E-state index in [0.717, 1.165) is 38.0 Å². The van der Waals surface area contributed by atoms with E-state index in [9.17, 15) is 0 Å². The summed E-state index contributed by atoms with van der Waals surface area (Å²) in [5, 5.41) is 3.43. The van der Waals surface area contributed by atoms with Gasteiger partial charge in [0.2, 0.25) is 0 Å². The lowest BCUT2D eigenvalue weighted by molar-refractivity contribution is 0.202. The molecule has 1 aromatic carbocycles. The van der Waals surface area contributed by atoms with Crippen LogP contribution < -0.4 is 10.1 Å². The number of benzene rings is 1. The van der Waals surface area contributed by atoms with E-state index in [1.54, 1.807) is 0 Å². The average Bonchev–Trinajstić information content (AvgIpc) is 3.32. The molecule has 0 bridgehead atoms. The normalized spacial score (nSPS) is 14.6. The monoisotopic (exact) mass is 290 g/mol. The Bertz CT molecular complexity index is 404. The maximum atomic E-state index is 5.94. The maximum Gasteiger partial charge on any atom is 0.119 e. The molecule has 0 heterocycles. The van der Waals surface area contributed by atoms with Gasteiger partial charge in [0.1, 0.15) is 12.4 Å². The fourth-order valence-corrected chi connectivity index (χ4v) is 2.64. The third kappa shape index (κ3) is 6.06. The highest BCUT2D eigenvalue weighted by Gasteiger charge is 2.27. The Morgan fingerprint density at radius 1 is 1.19 bits per heavy atom. The highest BCUT2D eigenvalue weighted by molar-refractivity contribution is 5.28. The van der Waals surface area contributed by atoms with Crippen molar-refractivity contribution >= 4 is 0 Å². The van der Waals surface area contributed by atoms with Crippen molar-refractivity contribution < 1.29 is 4.74 Å². The van der Waals surface area contributed by atoms with Crippen molar-refractivity contribution in [2.24, 2.45) is 0 Å². The first-order valence-electron chi connectivity index (χ1n) is 8.50. The molecule has 0 aliphatic heterocycles. The molecule has 0 aromatic heterocycles. The van der Waals surface area contributed by atoms with Gasteiger partial charge in [-0.15, -0.1) is 0 Å². The van der Waals surface area contributed by atoms with Gasteiger partial charge in [0.05, 0.1) is 0 Å². The van der Waals surface area contributed by atoms with Gasteiger partial charge in [0.15, 0.2) is 0 Å². The maximum absolute atomic E-state index is 5.94. The predicted octanol–water partition coefficient (Wildman–Crippen LogP) is 3.44. The van der Waals surface area contributed by atoms with Crippen LogP contribution in [0.15, 0.2) is 24.3 Å². The topological polar surface area (TPSA) is 24.5 Å². The molecule has 2 rings (SSSR count). The van der Waals surface area contributed by atoms with Crippen molar-refractivity contribution in [3.63, 3.8) is 0 Å². The van der Waals surface area contributed by atoms with Crippen molar-refractivity contribution in [3.8, 4) is 5.75 Å². The van der Waals surface area contributed by atoms with Gasteiger partial charge in [-0.1, -0.05) is 26.0 Å².